The molecule has 0 aliphatic carbocycles. The molecule has 0 aromatic heterocycles. The van der Waals surface area contributed by atoms with Crippen molar-refractivity contribution >= 4 is 23.4 Å². The Bertz CT molecular complexity index is 162. The molecule has 0 N–H and O–H groups in total. The van der Waals surface area contributed by atoms with Gasteiger partial charge in [-0.3, -0.25) is 4.90 Å². The summed E-state index contributed by atoms with van der Waals surface area (Å²) in [6.45, 7) is 8.09. The van der Waals surface area contributed by atoms with Crippen molar-refractivity contribution in [3.63, 3.8) is 0 Å². The number of alkyl halides is 1. The maximum absolute atomic E-state index is 5.57. The summed E-state index contributed by atoms with van der Waals surface area (Å²) in [6, 6.07) is 0. The highest BCUT2D eigenvalue weighted by Gasteiger charge is 2.20. The van der Waals surface area contributed by atoms with Crippen LogP contribution >= 0.6 is 23.4 Å². The fourth-order valence-corrected chi connectivity index (χ4v) is 3.23. The van der Waals surface area contributed by atoms with Crippen LogP contribution in [0.1, 0.15) is 13.8 Å². The van der Waals surface area contributed by atoms with Crippen LogP contribution in [0.3, 0.4) is 0 Å². The van der Waals surface area contributed by atoms with Crippen molar-refractivity contribution in [1.82, 2.24) is 4.90 Å². The van der Waals surface area contributed by atoms with Gasteiger partial charge < -0.3 is 0 Å². The molecule has 76 valence electrons. The molecule has 1 rings (SSSR count). The summed E-state index contributed by atoms with van der Waals surface area (Å²) in [7, 11) is 0. The Morgan fingerprint density at radius 2 is 1.92 bits per heavy atom. The van der Waals surface area contributed by atoms with Gasteiger partial charge in [-0.2, -0.15) is 11.8 Å². The van der Waals surface area contributed by atoms with Crippen molar-refractivity contribution in [2.24, 2.45) is 0 Å². The first-order chi connectivity index (χ1) is 6.22. The fourth-order valence-electron chi connectivity index (χ4n) is 1.72. The predicted molar refractivity (Wildman–Crippen MR) is 62.8 cm³/mol. The summed E-state index contributed by atoms with van der Waals surface area (Å²) in [5.74, 6) is 0.633. The molecule has 13 heavy (non-hydrogen) atoms. The van der Waals surface area contributed by atoms with Gasteiger partial charge in [0.05, 0.1) is 0 Å². The Labute approximate surface area is 90.5 Å². The normalized spacial score (nSPS) is 31.3. The number of rotatable bonds is 3. The van der Waals surface area contributed by atoms with E-state index in [0.29, 0.717) is 5.88 Å². The average Bonchev–Trinajstić information content (AvgIpc) is 2.03. The van der Waals surface area contributed by atoms with Crippen LogP contribution < -0.4 is 0 Å². The number of allylic oxidation sites excluding steroid dienone is 1. The number of hydrogen-bond acceptors (Lipinski definition) is 2. The molecule has 0 bridgehead atoms. The molecular formula is C10H18ClNS. The third-order valence-corrected chi connectivity index (χ3v) is 3.52. The number of halogens is 1. The van der Waals surface area contributed by atoms with Gasteiger partial charge in [0.15, 0.2) is 0 Å². The highest BCUT2D eigenvalue weighted by atomic mass is 35.5. The second kappa shape index (κ2) is 5.94. The van der Waals surface area contributed by atoms with Gasteiger partial charge in [-0.1, -0.05) is 26.0 Å². The molecule has 3 heteroatoms. The van der Waals surface area contributed by atoms with Gasteiger partial charge >= 0.3 is 0 Å². The SMILES string of the molecule is CC1CN(CC=CCCl)CC(C)S1. The van der Waals surface area contributed by atoms with E-state index in [9.17, 15) is 0 Å². The zero-order chi connectivity index (χ0) is 9.68. The highest BCUT2D eigenvalue weighted by molar-refractivity contribution is 8.00. The fraction of sp³-hybridized carbons (Fsp3) is 0.800. The van der Waals surface area contributed by atoms with Crippen molar-refractivity contribution in [2.75, 3.05) is 25.5 Å². The first-order valence-corrected chi connectivity index (χ1v) is 6.29. The van der Waals surface area contributed by atoms with E-state index < -0.39 is 0 Å². The number of thioether (sulfide) groups is 1. The molecule has 1 aliphatic rings. The molecule has 1 nitrogen and oxygen atoms in total. The van der Waals surface area contributed by atoms with Crippen LogP contribution in [0.4, 0.5) is 0 Å². The van der Waals surface area contributed by atoms with E-state index >= 15 is 0 Å². The Morgan fingerprint density at radius 3 is 2.46 bits per heavy atom. The van der Waals surface area contributed by atoms with Crippen LogP contribution in [0.25, 0.3) is 0 Å². The summed E-state index contributed by atoms with van der Waals surface area (Å²) in [4.78, 5) is 2.49. The first kappa shape index (κ1) is 11.4. The number of hydrogen-bond donors (Lipinski definition) is 0. The van der Waals surface area contributed by atoms with Crippen molar-refractivity contribution in [3.05, 3.63) is 12.2 Å². The molecule has 1 heterocycles. The second-order valence-electron chi connectivity index (χ2n) is 3.60. The van der Waals surface area contributed by atoms with E-state index in [1.54, 1.807) is 0 Å². The summed E-state index contributed by atoms with van der Waals surface area (Å²) >= 11 is 7.66. The summed E-state index contributed by atoms with van der Waals surface area (Å²) in [5.41, 5.74) is 0. The molecule has 0 saturated carbocycles. The Kier molecular flexibility index (Phi) is 5.22. The van der Waals surface area contributed by atoms with Gasteiger partial charge in [0.1, 0.15) is 0 Å². The molecule has 1 saturated heterocycles. The van der Waals surface area contributed by atoms with Crippen molar-refractivity contribution in [1.29, 1.82) is 0 Å². The lowest BCUT2D eigenvalue weighted by atomic mass is 10.3. The quantitative estimate of drug-likeness (QED) is 0.531. The molecule has 0 radical (unpaired) electrons. The van der Waals surface area contributed by atoms with Crippen molar-refractivity contribution in [2.45, 2.75) is 24.3 Å². The molecule has 2 atom stereocenters. The van der Waals surface area contributed by atoms with Crippen molar-refractivity contribution in [3.8, 4) is 0 Å². The minimum Gasteiger partial charge on any atom is -0.298 e. The van der Waals surface area contributed by atoms with Gasteiger partial charge in [0, 0.05) is 36.0 Å². The lowest BCUT2D eigenvalue weighted by Gasteiger charge is -2.33. The van der Waals surface area contributed by atoms with E-state index in [1.165, 1.54) is 13.1 Å². The second-order valence-corrected chi connectivity index (χ2v) is 5.79. The molecule has 1 aliphatic heterocycles. The molecular weight excluding hydrogens is 202 g/mol. The van der Waals surface area contributed by atoms with Gasteiger partial charge in [0.2, 0.25) is 0 Å². The number of nitrogens with zero attached hydrogens (tertiary/aromatic N) is 1. The summed E-state index contributed by atoms with van der Waals surface area (Å²) < 4.78 is 0. The smallest absolute Gasteiger partial charge is 0.0404 e. The molecule has 1 fully saturated rings. The zero-order valence-electron chi connectivity index (χ0n) is 8.37. The van der Waals surface area contributed by atoms with Crippen LogP contribution in [-0.2, 0) is 0 Å². The minimum absolute atomic E-state index is 0.633. The van der Waals surface area contributed by atoms with Gasteiger partial charge in [-0.15, -0.1) is 11.6 Å². The maximum Gasteiger partial charge on any atom is 0.0404 e. The lowest BCUT2D eigenvalue weighted by molar-refractivity contribution is 0.299. The van der Waals surface area contributed by atoms with Gasteiger partial charge in [-0.25, -0.2) is 0 Å². The maximum atomic E-state index is 5.57. The molecule has 0 aromatic carbocycles. The topological polar surface area (TPSA) is 3.24 Å². The first-order valence-electron chi connectivity index (χ1n) is 4.81. The van der Waals surface area contributed by atoms with Crippen LogP contribution in [0.2, 0.25) is 0 Å². The van der Waals surface area contributed by atoms with Crippen molar-refractivity contribution < 1.29 is 0 Å². The van der Waals surface area contributed by atoms with Gasteiger partial charge in [0.25, 0.3) is 0 Å². The zero-order valence-corrected chi connectivity index (χ0v) is 9.94. The minimum atomic E-state index is 0.633. The predicted octanol–water partition coefficient (Wildman–Crippen LogP) is 2.61. The highest BCUT2D eigenvalue weighted by Crippen LogP contribution is 2.24. The van der Waals surface area contributed by atoms with Crippen LogP contribution in [0.15, 0.2) is 12.2 Å². The van der Waals surface area contributed by atoms with Crippen LogP contribution in [0.5, 0.6) is 0 Å². The van der Waals surface area contributed by atoms with Crippen LogP contribution in [0, 0.1) is 0 Å². The third kappa shape index (κ3) is 4.39. The Hall–Kier alpha value is 0.340. The molecule has 0 aromatic rings. The van der Waals surface area contributed by atoms with E-state index in [-0.39, 0.29) is 0 Å². The van der Waals surface area contributed by atoms with Gasteiger partial charge in [-0.05, 0) is 0 Å². The Morgan fingerprint density at radius 1 is 1.31 bits per heavy atom. The van der Waals surface area contributed by atoms with Crippen LogP contribution in [-0.4, -0.2) is 40.9 Å². The summed E-state index contributed by atoms with van der Waals surface area (Å²) in [5, 5.41) is 1.54. The lowest BCUT2D eigenvalue weighted by Crippen LogP contribution is -2.40. The Balaban J connectivity index is 2.28. The standard InChI is InChI=1S/C10H18ClNS/c1-9-7-12(6-4-3-5-11)8-10(2)13-9/h3-4,9-10H,5-8H2,1-2H3. The molecule has 0 spiro atoms. The van der Waals surface area contributed by atoms with E-state index in [1.807, 2.05) is 6.08 Å². The van der Waals surface area contributed by atoms with E-state index in [2.05, 4.69) is 36.6 Å². The third-order valence-electron chi connectivity index (χ3n) is 2.11. The average molecular weight is 220 g/mol. The van der Waals surface area contributed by atoms with E-state index in [0.717, 1.165) is 17.0 Å². The monoisotopic (exact) mass is 219 g/mol. The largest absolute Gasteiger partial charge is 0.298 e. The van der Waals surface area contributed by atoms with E-state index in [4.69, 9.17) is 11.6 Å². The summed E-state index contributed by atoms with van der Waals surface area (Å²) in [6.07, 6.45) is 4.20. The molecule has 0 amide bonds. The molecule has 2 unspecified atom stereocenters.